The van der Waals surface area contributed by atoms with Crippen LogP contribution in [0.15, 0.2) is 23.1 Å². The van der Waals surface area contributed by atoms with E-state index in [9.17, 15) is 8.42 Å². The molecule has 0 spiro atoms. The van der Waals surface area contributed by atoms with Crippen LogP contribution in [0.5, 0.6) is 0 Å². The second-order valence-corrected chi connectivity index (χ2v) is 6.98. The van der Waals surface area contributed by atoms with Crippen molar-refractivity contribution in [3.05, 3.63) is 28.8 Å². The lowest BCUT2D eigenvalue weighted by Crippen LogP contribution is -2.48. The van der Waals surface area contributed by atoms with E-state index in [1.54, 1.807) is 7.05 Å². The van der Waals surface area contributed by atoms with Gasteiger partial charge in [-0.15, -0.1) is 0 Å². The van der Waals surface area contributed by atoms with E-state index in [1.807, 2.05) is 6.07 Å². The summed E-state index contributed by atoms with van der Waals surface area (Å²) in [6.07, 6.45) is -0.185. The van der Waals surface area contributed by atoms with Crippen LogP contribution in [0.4, 0.5) is 0 Å². The van der Waals surface area contributed by atoms with Gasteiger partial charge in [0, 0.05) is 19.6 Å². The molecule has 1 aromatic carbocycles. The van der Waals surface area contributed by atoms with Gasteiger partial charge in [-0.25, -0.2) is 8.42 Å². The van der Waals surface area contributed by atoms with Gasteiger partial charge < -0.3 is 10.1 Å². The molecule has 2 rings (SSSR count). The summed E-state index contributed by atoms with van der Waals surface area (Å²) in [7, 11) is -1.90. The zero-order chi connectivity index (χ0) is 15.5. The van der Waals surface area contributed by atoms with E-state index in [2.05, 4.69) is 5.32 Å². The van der Waals surface area contributed by atoms with E-state index in [1.165, 1.54) is 22.5 Å². The van der Waals surface area contributed by atoms with E-state index in [4.69, 9.17) is 21.6 Å². The molecule has 8 heteroatoms. The highest BCUT2D eigenvalue weighted by Crippen LogP contribution is 2.26. The lowest BCUT2D eigenvalue weighted by molar-refractivity contribution is 0.000825. The van der Waals surface area contributed by atoms with E-state index < -0.39 is 10.0 Å². The van der Waals surface area contributed by atoms with Crippen molar-refractivity contribution in [2.45, 2.75) is 11.0 Å². The summed E-state index contributed by atoms with van der Waals surface area (Å²) in [6, 6.07) is 6.11. The van der Waals surface area contributed by atoms with Crippen LogP contribution in [0.25, 0.3) is 0 Å². The minimum Gasteiger partial charge on any atom is -0.374 e. The third-order valence-electron chi connectivity index (χ3n) is 3.21. The molecule has 0 aliphatic carbocycles. The van der Waals surface area contributed by atoms with Gasteiger partial charge in [0.2, 0.25) is 10.0 Å². The SMILES string of the molecule is CNCC1CN(S(=O)(=O)c2ccc(C#N)cc2Cl)CCO1. The van der Waals surface area contributed by atoms with Crippen LogP contribution in [-0.2, 0) is 14.8 Å². The van der Waals surface area contributed by atoms with Crippen LogP contribution in [-0.4, -0.2) is 52.1 Å². The molecule has 1 N–H and O–H groups in total. The summed E-state index contributed by atoms with van der Waals surface area (Å²) >= 11 is 6.01. The van der Waals surface area contributed by atoms with Gasteiger partial charge in [-0.3, -0.25) is 0 Å². The number of likely N-dealkylation sites (N-methyl/N-ethyl adjacent to an activating group) is 1. The van der Waals surface area contributed by atoms with Crippen molar-refractivity contribution >= 4 is 21.6 Å². The Hall–Kier alpha value is -1.17. The normalized spacial score (nSPS) is 20.1. The number of morpholine rings is 1. The second kappa shape index (κ2) is 6.73. The smallest absolute Gasteiger partial charge is 0.244 e. The van der Waals surface area contributed by atoms with Gasteiger partial charge in [-0.1, -0.05) is 11.6 Å². The molecule has 0 radical (unpaired) electrons. The fraction of sp³-hybridized carbons (Fsp3) is 0.462. The molecule has 0 amide bonds. The van der Waals surface area contributed by atoms with Crippen molar-refractivity contribution in [1.29, 1.82) is 5.26 Å². The third-order valence-corrected chi connectivity index (χ3v) is 5.56. The molecular weight excluding hydrogens is 314 g/mol. The Morgan fingerprint density at radius 1 is 1.57 bits per heavy atom. The van der Waals surface area contributed by atoms with Crippen molar-refractivity contribution < 1.29 is 13.2 Å². The van der Waals surface area contributed by atoms with Gasteiger partial charge in [0.15, 0.2) is 0 Å². The Kier molecular flexibility index (Phi) is 5.19. The fourth-order valence-electron chi connectivity index (χ4n) is 2.18. The summed E-state index contributed by atoms with van der Waals surface area (Å²) in [5.74, 6) is 0. The first-order chi connectivity index (χ1) is 9.98. The highest BCUT2D eigenvalue weighted by atomic mass is 35.5. The molecule has 1 aliphatic rings. The number of rotatable bonds is 4. The topological polar surface area (TPSA) is 82.4 Å². The maximum atomic E-state index is 12.6. The van der Waals surface area contributed by atoms with Crippen LogP contribution in [0.1, 0.15) is 5.56 Å². The molecule has 0 saturated carbocycles. The molecule has 114 valence electrons. The lowest BCUT2D eigenvalue weighted by atomic mass is 10.2. The van der Waals surface area contributed by atoms with Gasteiger partial charge in [0.1, 0.15) is 4.90 Å². The zero-order valence-electron chi connectivity index (χ0n) is 11.5. The van der Waals surface area contributed by atoms with Gasteiger partial charge >= 0.3 is 0 Å². The molecule has 21 heavy (non-hydrogen) atoms. The fourth-order valence-corrected chi connectivity index (χ4v) is 4.15. The number of nitrogens with one attached hydrogen (secondary N) is 1. The molecule has 6 nitrogen and oxygen atoms in total. The van der Waals surface area contributed by atoms with Gasteiger partial charge in [-0.05, 0) is 25.2 Å². The Balaban J connectivity index is 2.27. The predicted molar refractivity (Wildman–Crippen MR) is 78.6 cm³/mol. The Morgan fingerprint density at radius 2 is 2.33 bits per heavy atom. The van der Waals surface area contributed by atoms with E-state index in [0.29, 0.717) is 25.3 Å². The first kappa shape index (κ1) is 16.2. The van der Waals surface area contributed by atoms with Crippen LogP contribution < -0.4 is 5.32 Å². The summed E-state index contributed by atoms with van der Waals surface area (Å²) in [4.78, 5) is 0.0216. The molecule has 1 heterocycles. The largest absolute Gasteiger partial charge is 0.374 e. The Bertz CT molecular complexity index is 655. The van der Waals surface area contributed by atoms with E-state index >= 15 is 0 Å². The van der Waals surface area contributed by atoms with Crippen molar-refractivity contribution in [1.82, 2.24) is 9.62 Å². The number of hydrogen-bond acceptors (Lipinski definition) is 5. The quantitative estimate of drug-likeness (QED) is 0.884. The van der Waals surface area contributed by atoms with Gasteiger partial charge in [0.05, 0.1) is 29.4 Å². The van der Waals surface area contributed by atoms with Crippen LogP contribution in [0.2, 0.25) is 5.02 Å². The summed E-state index contributed by atoms with van der Waals surface area (Å²) in [6.45, 7) is 1.49. The molecule has 1 aromatic rings. The standard InChI is InChI=1S/C13H16ClN3O3S/c1-16-8-11-9-17(4-5-20-11)21(18,19)13-3-2-10(7-15)6-12(13)14/h2-3,6,11,16H,4-5,8-9H2,1H3. The lowest BCUT2D eigenvalue weighted by Gasteiger charge is -2.32. The van der Waals surface area contributed by atoms with E-state index in [-0.39, 0.29) is 22.6 Å². The van der Waals surface area contributed by atoms with Gasteiger partial charge in [-0.2, -0.15) is 9.57 Å². The number of nitrogens with zero attached hydrogens (tertiary/aromatic N) is 2. The molecule has 1 atom stereocenters. The average Bonchev–Trinajstić information content (AvgIpc) is 2.47. The second-order valence-electron chi connectivity index (χ2n) is 4.67. The third kappa shape index (κ3) is 3.54. The molecular formula is C13H16ClN3O3S. The van der Waals surface area contributed by atoms with Crippen LogP contribution in [0, 0.1) is 11.3 Å². The maximum Gasteiger partial charge on any atom is 0.244 e. The summed E-state index contributed by atoms with van der Waals surface area (Å²) in [5.41, 5.74) is 0.328. The summed E-state index contributed by atoms with van der Waals surface area (Å²) < 4.78 is 32.1. The number of benzene rings is 1. The first-order valence-corrected chi connectivity index (χ1v) is 8.27. The summed E-state index contributed by atoms with van der Waals surface area (Å²) in [5, 5.41) is 11.8. The average molecular weight is 330 g/mol. The number of sulfonamides is 1. The van der Waals surface area contributed by atoms with Gasteiger partial charge in [0.25, 0.3) is 0 Å². The molecule has 0 aromatic heterocycles. The Morgan fingerprint density at radius 3 is 2.95 bits per heavy atom. The molecule has 0 bridgehead atoms. The molecule has 1 fully saturated rings. The molecule has 1 aliphatic heterocycles. The van der Waals surface area contributed by atoms with Crippen molar-refractivity contribution in [2.24, 2.45) is 0 Å². The number of ether oxygens (including phenoxy) is 1. The predicted octanol–water partition coefficient (Wildman–Crippen LogP) is 0.821. The monoisotopic (exact) mass is 329 g/mol. The minimum atomic E-state index is -3.68. The van der Waals surface area contributed by atoms with Crippen LogP contribution in [0.3, 0.4) is 0 Å². The van der Waals surface area contributed by atoms with Crippen molar-refractivity contribution in [2.75, 3.05) is 33.3 Å². The maximum absolute atomic E-state index is 12.6. The molecule has 1 unspecified atom stereocenters. The first-order valence-electron chi connectivity index (χ1n) is 6.45. The number of halogens is 1. The number of hydrogen-bond donors (Lipinski definition) is 1. The highest BCUT2D eigenvalue weighted by Gasteiger charge is 2.31. The van der Waals surface area contributed by atoms with Crippen molar-refractivity contribution in [3.63, 3.8) is 0 Å². The van der Waals surface area contributed by atoms with Crippen LogP contribution >= 0.6 is 11.6 Å². The molecule has 1 saturated heterocycles. The number of nitriles is 1. The minimum absolute atomic E-state index is 0.0216. The highest BCUT2D eigenvalue weighted by molar-refractivity contribution is 7.89. The Labute approximate surface area is 129 Å². The van der Waals surface area contributed by atoms with Crippen molar-refractivity contribution in [3.8, 4) is 6.07 Å². The van der Waals surface area contributed by atoms with E-state index in [0.717, 1.165) is 0 Å². The zero-order valence-corrected chi connectivity index (χ0v) is 13.1.